The molecular formula is C14H18FN3O2. The minimum atomic E-state index is -0.477. The molecule has 0 aliphatic carbocycles. The van der Waals surface area contributed by atoms with Crippen LogP contribution in [0.25, 0.3) is 0 Å². The topological polar surface area (TPSA) is 73.3 Å². The molecule has 1 aromatic heterocycles. The number of halogens is 1. The highest BCUT2D eigenvalue weighted by molar-refractivity contribution is 5.69. The van der Waals surface area contributed by atoms with Crippen molar-refractivity contribution in [1.82, 2.24) is 4.98 Å². The van der Waals surface area contributed by atoms with E-state index in [9.17, 15) is 4.39 Å². The van der Waals surface area contributed by atoms with Crippen LogP contribution in [0.5, 0.6) is 5.75 Å². The summed E-state index contributed by atoms with van der Waals surface area (Å²) < 4.78 is 24.3. The van der Waals surface area contributed by atoms with Crippen LogP contribution in [0.3, 0.4) is 0 Å². The van der Waals surface area contributed by atoms with Crippen LogP contribution in [0.2, 0.25) is 0 Å². The van der Waals surface area contributed by atoms with E-state index < -0.39 is 5.82 Å². The molecule has 1 unspecified atom stereocenters. The molecule has 108 valence electrons. The normalized spacial score (nSPS) is 12.2. The predicted molar refractivity (Wildman–Crippen MR) is 75.3 cm³/mol. The molecule has 3 N–H and O–H groups in total. The van der Waals surface area contributed by atoms with Crippen LogP contribution in [0, 0.1) is 12.7 Å². The lowest BCUT2D eigenvalue weighted by atomic mass is 10.2. The van der Waals surface area contributed by atoms with Crippen molar-refractivity contribution in [1.29, 1.82) is 0 Å². The van der Waals surface area contributed by atoms with Gasteiger partial charge in [-0.3, -0.25) is 0 Å². The smallest absolute Gasteiger partial charge is 0.216 e. The van der Waals surface area contributed by atoms with Gasteiger partial charge in [-0.15, -0.1) is 0 Å². The average molecular weight is 279 g/mol. The molecule has 0 fully saturated rings. The van der Waals surface area contributed by atoms with Crippen LogP contribution in [0.4, 0.5) is 15.8 Å². The van der Waals surface area contributed by atoms with Crippen molar-refractivity contribution in [2.75, 3.05) is 17.7 Å². The minimum absolute atomic E-state index is 0.167. The van der Waals surface area contributed by atoms with Crippen LogP contribution in [0.1, 0.15) is 31.5 Å². The second-order valence-corrected chi connectivity index (χ2v) is 4.48. The van der Waals surface area contributed by atoms with Crippen LogP contribution in [-0.4, -0.2) is 11.6 Å². The third-order valence-electron chi connectivity index (χ3n) is 2.79. The van der Waals surface area contributed by atoms with E-state index in [1.165, 1.54) is 6.07 Å². The fourth-order valence-corrected chi connectivity index (χ4v) is 1.83. The van der Waals surface area contributed by atoms with E-state index in [0.717, 1.165) is 5.76 Å². The molecule has 1 heterocycles. The van der Waals surface area contributed by atoms with Gasteiger partial charge in [0.25, 0.3) is 0 Å². The number of ether oxygens (including phenoxy) is 1. The molecule has 0 spiro atoms. The SMILES string of the molecule is CCOc1cc(NC(C)c2ncc(C)o2)c(N)cc1F. The third kappa shape index (κ3) is 3.01. The first-order valence-corrected chi connectivity index (χ1v) is 6.42. The minimum Gasteiger partial charge on any atom is -0.491 e. The second-order valence-electron chi connectivity index (χ2n) is 4.48. The first-order valence-electron chi connectivity index (χ1n) is 6.42. The van der Waals surface area contributed by atoms with E-state index in [1.54, 1.807) is 19.2 Å². The molecule has 0 aliphatic rings. The Hall–Kier alpha value is -2.24. The van der Waals surface area contributed by atoms with Crippen molar-refractivity contribution in [3.8, 4) is 5.75 Å². The first kappa shape index (κ1) is 14.2. The summed E-state index contributed by atoms with van der Waals surface area (Å²) in [6, 6.07) is 2.59. The number of benzene rings is 1. The van der Waals surface area contributed by atoms with Crippen molar-refractivity contribution >= 4 is 11.4 Å². The largest absolute Gasteiger partial charge is 0.491 e. The predicted octanol–water partition coefficient (Wildman–Crippen LogP) is 3.28. The quantitative estimate of drug-likeness (QED) is 0.822. The zero-order chi connectivity index (χ0) is 14.7. The van der Waals surface area contributed by atoms with Crippen molar-refractivity contribution in [2.24, 2.45) is 0 Å². The summed E-state index contributed by atoms with van der Waals surface area (Å²) in [7, 11) is 0. The lowest BCUT2D eigenvalue weighted by molar-refractivity contribution is 0.322. The van der Waals surface area contributed by atoms with Crippen molar-refractivity contribution in [3.05, 3.63) is 35.8 Å². The molecule has 2 rings (SSSR count). The number of anilines is 2. The standard InChI is InChI=1S/C14H18FN3O2/c1-4-19-13-6-12(11(16)5-10(13)15)18-9(3)14-17-7-8(2)20-14/h5-7,9,18H,4,16H2,1-3H3. The molecule has 0 saturated heterocycles. The van der Waals surface area contributed by atoms with Gasteiger partial charge in [0.05, 0.1) is 24.2 Å². The summed E-state index contributed by atoms with van der Waals surface area (Å²) in [5.41, 5.74) is 6.70. The summed E-state index contributed by atoms with van der Waals surface area (Å²) >= 11 is 0. The van der Waals surface area contributed by atoms with Crippen LogP contribution in [-0.2, 0) is 0 Å². The molecule has 1 atom stereocenters. The van der Waals surface area contributed by atoms with Gasteiger partial charge in [0, 0.05) is 12.1 Å². The molecule has 2 aromatic rings. The fourth-order valence-electron chi connectivity index (χ4n) is 1.83. The molecule has 0 radical (unpaired) electrons. The van der Waals surface area contributed by atoms with E-state index in [1.807, 2.05) is 13.8 Å². The van der Waals surface area contributed by atoms with E-state index in [4.69, 9.17) is 14.9 Å². The molecule has 6 heteroatoms. The number of nitrogens with zero attached hydrogens (tertiary/aromatic N) is 1. The number of nitrogens with one attached hydrogen (secondary N) is 1. The summed E-state index contributed by atoms with van der Waals surface area (Å²) in [5, 5.41) is 3.14. The van der Waals surface area contributed by atoms with Crippen molar-refractivity contribution < 1.29 is 13.5 Å². The van der Waals surface area contributed by atoms with Crippen molar-refractivity contribution in [2.45, 2.75) is 26.8 Å². The van der Waals surface area contributed by atoms with Gasteiger partial charge in [0.2, 0.25) is 5.89 Å². The Kier molecular flexibility index (Phi) is 4.12. The van der Waals surface area contributed by atoms with Gasteiger partial charge in [0.1, 0.15) is 11.8 Å². The molecule has 1 aromatic carbocycles. The number of nitrogens with two attached hydrogens (primary N) is 1. The summed E-state index contributed by atoms with van der Waals surface area (Å²) in [4.78, 5) is 4.14. The highest BCUT2D eigenvalue weighted by Gasteiger charge is 2.15. The number of hydrogen-bond donors (Lipinski definition) is 2. The summed E-state index contributed by atoms with van der Waals surface area (Å²) in [5.74, 6) is 0.967. The van der Waals surface area contributed by atoms with E-state index in [2.05, 4.69) is 10.3 Å². The molecule has 5 nitrogen and oxygen atoms in total. The number of hydrogen-bond acceptors (Lipinski definition) is 5. The summed E-state index contributed by atoms with van der Waals surface area (Å²) in [6.07, 6.45) is 1.65. The number of aryl methyl sites for hydroxylation is 1. The van der Waals surface area contributed by atoms with Crippen LogP contribution < -0.4 is 15.8 Å². The molecule has 20 heavy (non-hydrogen) atoms. The van der Waals surface area contributed by atoms with E-state index in [0.29, 0.717) is 23.9 Å². The van der Waals surface area contributed by atoms with Gasteiger partial charge in [-0.25, -0.2) is 9.37 Å². The Labute approximate surface area is 116 Å². The summed E-state index contributed by atoms with van der Waals surface area (Å²) in [6.45, 7) is 5.88. The van der Waals surface area contributed by atoms with E-state index in [-0.39, 0.29) is 11.8 Å². The highest BCUT2D eigenvalue weighted by Crippen LogP contribution is 2.30. The molecule has 0 saturated carbocycles. The number of aromatic nitrogens is 1. The first-order chi connectivity index (χ1) is 9.51. The fraction of sp³-hybridized carbons (Fsp3) is 0.357. The van der Waals surface area contributed by atoms with E-state index >= 15 is 0 Å². The Balaban J connectivity index is 2.22. The third-order valence-corrected chi connectivity index (χ3v) is 2.79. The number of nitrogen functional groups attached to an aromatic ring is 1. The van der Waals surface area contributed by atoms with Crippen LogP contribution in [0.15, 0.2) is 22.7 Å². The zero-order valence-electron chi connectivity index (χ0n) is 11.7. The second kappa shape index (κ2) is 5.81. The lowest BCUT2D eigenvalue weighted by Gasteiger charge is -2.16. The lowest BCUT2D eigenvalue weighted by Crippen LogP contribution is -2.09. The van der Waals surface area contributed by atoms with Gasteiger partial charge in [-0.05, 0) is 20.8 Å². The highest BCUT2D eigenvalue weighted by atomic mass is 19.1. The molecular weight excluding hydrogens is 261 g/mol. The van der Waals surface area contributed by atoms with Crippen LogP contribution >= 0.6 is 0 Å². The monoisotopic (exact) mass is 279 g/mol. The maximum absolute atomic E-state index is 13.6. The maximum Gasteiger partial charge on any atom is 0.216 e. The van der Waals surface area contributed by atoms with Crippen molar-refractivity contribution in [3.63, 3.8) is 0 Å². The van der Waals surface area contributed by atoms with Gasteiger partial charge < -0.3 is 20.2 Å². The number of oxazole rings is 1. The Morgan fingerprint density at radius 3 is 2.85 bits per heavy atom. The van der Waals surface area contributed by atoms with Gasteiger partial charge in [0.15, 0.2) is 11.6 Å². The Morgan fingerprint density at radius 2 is 2.25 bits per heavy atom. The number of rotatable bonds is 5. The van der Waals surface area contributed by atoms with Gasteiger partial charge >= 0.3 is 0 Å². The Bertz CT molecular complexity index is 598. The average Bonchev–Trinajstić information content (AvgIpc) is 2.82. The zero-order valence-corrected chi connectivity index (χ0v) is 11.7. The molecule has 0 bridgehead atoms. The molecule has 0 amide bonds. The maximum atomic E-state index is 13.6. The molecule has 0 aliphatic heterocycles. The Morgan fingerprint density at radius 1 is 1.50 bits per heavy atom. The van der Waals surface area contributed by atoms with Gasteiger partial charge in [-0.2, -0.15) is 0 Å². The van der Waals surface area contributed by atoms with Gasteiger partial charge in [-0.1, -0.05) is 0 Å².